The third kappa shape index (κ3) is 5.01. The molecule has 96 valence electrons. The van der Waals surface area contributed by atoms with Crippen LogP contribution in [-0.4, -0.2) is 23.9 Å². The maximum absolute atomic E-state index is 11.9. The van der Waals surface area contributed by atoms with Gasteiger partial charge in [-0.3, -0.25) is 4.79 Å². The van der Waals surface area contributed by atoms with Crippen LogP contribution in [-0.2, 0) is 11.2 Å². The zero-order chi connectivity index (χ0) is 13.2. The van der Waals surface area contributed by atoms with Crippen LogP contribution in [0.25, 0.3) is 0 Å². The van der Waals surface area contributed by atoms with E-state index in [1.807, 2.05) is 31.2 Å². The Morgan fingerprint density at radius 2 is 2.06 bits per heavy atom. The van der Waals surface area contributed by atoms with Crippen molar-refractivity contribution in [1.29, 1.82) is 5.26 Å². The summed E-state index contributed by atoms with van der Waals surface area (Å²) < 4.78 is 0. The van der Waals surface area contributed by atoms with Gasteiger partial charge in [-0.25, -0.2) is 0 Å². The molecule has 0 N–H and O–H groups in total. The fourth-order valence-corrected chi connectivity index (χ4v) is 1.89. The first-order valence-corrected chi connectivity index (χ1v) is 6.46. The highest BCUT2D eigenvalue weighted by atomic mass is 16.2. The summed E-state index contributed by atoms with van der Waals surface area (Å²) in [5.41, 5.74) is 1.26. The van der Waals surface area contributed by atoms with E-state index < -0.39 is 0 Å². The van der Waals surface area contributed by atoms with E-state index in [2.05, 4.69) is 12.1 Å². The van der Waals surface area contributed by atoms with Crippen LogP contribution in [0.15, 0.2) is 30.3 Å². The minimum atomic E-state index is 0.0920. The zero-order valence-electron chi connectivity index (χ0n) is 10.9. The van der Waals surface area contributed by atoms with Gasteiger partial charge in [-0.15, -0.1) is 0 Å². The van der Waals surface area contributed by atoms with Gasteiger partial charge in [0.05, 0.1) is 6.07 Å². The molecule has 0 aliphatic carbocycles. The Balaban J connectivity index is 2.33. The zero-order valence-corrected chi connectivity index (χ0v) is 10.9. The van der Waals surface area contributed by atoms with E-state index >= 15 is 0 Å². The van der Waals surface area contributed by atoms with Crippen molar-refractivity contribution < 1.29 is 4.79 Å². The lowest BCUT2D eigenvalue weighted by Crippen LogP contribution is -2.31. The lowest BCUT2D eigenvalue weighted by atomic mass is 10.1. The highest BCUT2D eigenvalue weighted by Crippen LogP contribution is 2.06. The number of benzene rings is 1. The molecule has 0 aromatic heterocycles. The highest BCUT2D eigenvalue weighted by molar-refractivity contribution is 5.76. The largest absolute Gasteiger partial charge is 0.329 e. The van der Waals surface area contributed by atoms with Crippen LogP contribution >= 0.6 is 0 Å². The molecule has 3 heteroatoms. The lowest BCUT2D eigenvalue weighted by molar-refractivity contribution is -0.130. The van der Waals surface area contributed by atoms with Gasteiger partial charge in [0.2, 0.25) is 5.91 Å². The number of carbonyl (C=O) groups excluding carboxylic acids is 1. The average Bonchev–Trinajstić information content (AvgIpc) is 2.39. The normalized spacial score (nSPS) is 9.78. The Bertz CT molecular complexity index is 395. The van der Waals surface area contributed by atoms with Gasteiger partial charge in [0.1, 0.15) is 6.54 Å². The van der Waals surface area contributed by atoms with E-state index in [1.54, 1.807) is 4.90 Å². The van der Waals surface area contributed by atoms with Gasteiger partial charge < -0.3 is 4.90 Å². The summed E-state index contributed by atoms with van der Waals surface area (Å²) in [5.74, 6) is 0.0920. The van der Waals surface area contributed by atoms with E-state index in [0.29, 0.717) is 13.0 Å². The van der Waals surface area contributed by atoms with E-state index in [-0.39, 0.29) is 12.5 Å². The number of hydrogen-bond donors (Lipinski definition) is 0. The van der Waals surface area contributed by atoms with Crippen molar-refractivity contribution in [1.82, 2.24) is 4.90 Å². The van der Waals surface area contributed by atoms with Crippen molar-refractivity contribution in [2.24, 2.45) is 0 Å². The molecular weight excluding hydrogens is 224 g/mol. The van der Waals surface area contributed by atoms with Gasteiger partial charge in [-0.05, 0) is 24.8 Å². The molecule has 0 bridgehead atoms. The van der Waals surface area contributed by atoms with Crippen LogP contribution in [0.4, 0.5) is 0 Å². The molecule has 0 saturated heterocycles. The summed E-state index contributed by atoms with van der Waals surface area (Å²) in [5, 5.41) is 8.67. The van der Waals surface area contributed by atoms with Crippen LogP contribution < -0.4 is 0 Å². The number of nitriles is 1. The second-order valence-corrected chi connectivity index (χ2v) is 4.31. The van der Waals surface area contributed by atoms with Crippen molar-refractivity contribution in [3.63, 3.8) is 0 Å². The molecule has 0 spiro atoms. The molecule has 0 fully saturated rings. The first kappa shape index (κ1) is 14.2. The first-order chi connectivity index (χ1) is 8.77. The van der Waals surface area contributed by atoms with Crippen LogP contribution in [0, 0.1) is 11.3 Å². The van der Waals surface area contributed by atoms with E-state index in [9.17, 15) is 4.79 Å². The summed E-state index contributed by atoms with van der Waals surface area (Å²) >= 11 is 0. The standard InChI is InChI=1S/C15H20N2O/c1-2-12-17(13-11-16)15(18)10-6-9-14-7-4-3-5-8-14/h3-5,7-8H,2,6,9-10,12-13H2,1H3. The Kier molecular flexibility index (Phi) is 6.56. The molecule has 3 nitrogen and oxygen atoms in total. The lowest BCUT2D eigenvalue weighted by Gasteiger charge is -2.18. The van der Waals surface area contributed by atoms with Crippen LogP contribution in [0.2, 0.25) is 0 Å². The fourth-order valence-electron chi connectivity index (χ4n) is 1.89. The number of rotatable bonds is 7. The molecule has 0 atom stereocenters. The summed E-state index contributed by atoms with van der Waals surface area (Å²) in [6.45, 7) is 2.90. The summed E-state index contributed by atoms with van der Waals surface area (Å²) in [7, 11) is 0. The first-order valence-electron chi connectivity index (χ1n) is 6.46. The number of hydrogen-bond acceptors (Lipinski definition) is 2. The van der Waals surface area contributed by atoms with Crippen molar-refractivity contribution in [3.05, 3.63) is 35.9 Å². The number of nitrogens with zero attached hydrogens (tertiary/aromatic N) is 2. The van der Waals surface area contributed by atoms with Crippen molar-refractivity contribution in [2.75, 3.05) is 13.1 Å². The van der Waals surface area contributed by atoms with Gasteiger partial charge in [0, 0.05) is 13.0 Å². The quantitative estimate of drug-likeness (QED) is 0.692. The molecule has 0 radical (unpaired) electrons. The van der Waals surface area contributed by atoms with Gasteiger partial charge in [0.15, 0.2) is 0 Å². The third-order valence-electron chi connectivity index (χ3n) is 2.81. The van der Waals surface area contributed by atoms with Gasteiger partial charge in [-0.1, -0.05) is 37.3 Å². The van der Waals surface area contributed by atoms with Gasteiger partial charge in [-0.2, -0.15) is 5.26 Å². The fraction of sp³-hybridized carbons (Fsp3) is 0.467. The molecule has 0 heterocycles. The van der Waals surface area contributed by atoms with Crippen LogP contribution in [0.1, 0.15) is 31.7 Å². The molecule has 1 rings (SSSR count). The van der Waals surface area contributed by atoms with Crippen molar-refractivity contribution in [3.8, 4) is 6.07 Å². The third-order valence-corrected chi connectivity index (χ3v) is 2.81. The minimum absolute atomic E-state index is 0.0920. The molecular formula is C15H20N2O. The predicted molar refractivity (Wildman–Crippen MR) is 71.9 cm³/mol. The van der Waals surface area contributed by atoms with Crippen molar-refractivity contribution in [2.45, 2.75) is 32.6 Å². The molecule has 0 saturated carbocycles. The average molecular weight is 244 g/mol. The SMILES string of the molecule is CCCN(CC#N)C(=O)CCCc1ccccc1. The van der Waals surface area contributed by atoms with Crippen LogP contribution in [0.5, 0.6) is 0 Å². The molecule has 1 amide bonds. The molecule has 1 aromatic rings. The molecule has 0 aliphatic heterocycles. The summed E-state index contributed by atoms with van der Waals surface area (Å²) in [4.78, 5) is 13.5. The maximum atomic E-state index is 11.9. The summed E-state index contributed by atoms with van der Waals surface area (Å²) in [6.07, 6.45) is 3.18. The second kappa shape index (κ2) is 8.30. The Morgan fingerprint density at radius 3 is 2.67 bits per heavy atom. The highest BCUT2D eigenvalue weighted by Gasteiger charge is 2.11. The van der Waals surface area contributed by atoms with Crippen molar-refractivity contribution >= 4 is 5.91 Å². The Labute approximate surface area is 109 Å². The molecule has 0 aliphatic rings. The smallest absolute Gasteiger partial charge is 0.223 e. The number of carbonyl (C=O) groups is 1. The van der Waals surface area contributed by atoms with Gasteiger partial charge >= 0.3 is 0 Å². The monoisotopic (exact) mass is 244 g/mol. The van der Waals surface area contributed by atoms with E-state index in [4.69, 9.17) is 5.26 Å². The van der Waals surface area contributed by atoms with E-state index in [1.165, 1.54) is 5.56 Å². The number of amides is 1. The topological polar surface area (TPSA) is 44.1 Å². The Morgan fingerprint density at radius 1 is 1.33 bits per heavy atom. The Hall–Kier alpha value is -1.82. The summed E-state index contributed by atoms with van der Waals surface area (Å²) in [6, 6.07) is 12.2. The molecule has 0 unspecified atom stereocenters. The minimum Gasteiger partial charge on any atom is -0.329 e. The predicted octanol–water partition coefficient (Wildman–Crippen LogP) is 2.77. The van der Waals surface area contributed by atoms with E-state index in [0.717, 1.165) is 19.3 Å². The molecule has 1 aromatic carbocycles. The molecule has 18 heavy (non-hydrogen) atoms. The van der Waals surface area contributed by atoms with Crippen LogP contribution in [0.3, 0.4) is 0 Å². The number of aryl methyl sites for hydroxylation is 1. The maximum Gasteiger partial charge on any atom is 0.223 e. The second-order valence-electron chi connectivity index (χ2n) is 4.31. The van der Waals surface area contributed by atoms with Gasteiger partial charge in [0.25, 0.3) is 0 Å².